The number of aliphatic carboxylic acids is 1. The molecule has 1 rings (SSSR count). The van der Waals surface area contributed by atoms with E-state index in [0.29, 0.717) is 39.3 Å². The van der Waals surface area contributed by atoms with E-state index in [1.807, 2.05) is 23.8 Å². The molecule has 104 valence electrons. The van der Waals surface area contributed by atoms with E-state index in [-0.39, 0.29) is 18.4 Å². The molecule has 1 unspecified atom stereocenters. The van der Waals surface area contributed by atoms with Crippen molar-refractivity contribution in [3.05, 3.63) is 0 Å². The zero-order chi connectivity index (χ0) is 13.5. The molecule has 6 heteroatoms. The predicted molar refractivity (Wildman–Crippen MR) is 66.4 cm³/mol. The van der Waals surface area contributed by atoms with Crippen LogP contribution in [0.5, 0.6) is 0 Å². The van der Waals surface area contributed by atoms with Crippen LogP contribution in [0.15, 0.2) is 0 Å². The number of likely N-dealkylation sites (N-methyl/N-ethyl adjacent to an activating group) is 1. The van der Waals surface area contributed by atoms with Gasteiger partial charge in [-0.2, -0.15) is 0 Å². The fraction of sp³-hybridized carbons (Fsp3) is 0.833. The number of ether oxygens (including phenoxy) is 1. The summed E-state index contributed by atoms with van der Waals surface area (Å²) < 4.78 is 5.21. The maximum atomic E-state index is 12.1. The zero-order valence-electron chi connectivity index (χ0n) is 11.1. The van der Waals surface area contributed by atoms with Crippen LogP contribution in [0.3, 0.4) is 0 Å². The number of carbonyl (C=O) groups excluding carboxylic acids is 1. The van der Waals surface area contributed by atoms with Gasteiger partial charge in [0.05, 0.1) is 19.3 Å². The smallest absolute Gasteiger partial charge is 0.303 e. The first kappa shape index (κ1) is 14.9. The SMILES string of the molecule is CC(C(=O)N1CCOCC1)N(C)CCCC(=O)O. The molecule has 1 aliphatic rings. The second-order valence-electron chi connectivity index (χ2n) is 4.59. The lowest BCUT2D eigenvalue weighted by atomic mass is 10.2. The fourth-order valence-corrected chi connectivity index (χ4v) is 1.91. The highest BCUT2D eigenvalue weighted by molar-refractivity contribution is 5.81. The Hall–Kier alpha value is -1.14. The third-order valence-electron chi connectivity index (χ3n) is 3.24. The summed E-state index contributed by atoms with van der Waals surface area (Å²) in [7, 11) is 1.85. The minimum atomic E-state index is -0.796. The minimum Gasteiger partial charge on any atom is -0.481 e. The molecule has 0 aromatic heterocycles. The molecule has 1 saturated heterocycles. The molecule has 0 aromatic rings. The van der Waals surface area contributed by atoms with Gasteiger partial charge in [-0.05, 0) is 26.9 Å². The molecular weight excluding hydrogens is 236 g/mol. The monoisotopic (exact) mass is 258 g/mol. The van der Waals surface area contributed by atoms with E-state index in [1.165, 1.54) is 0 Å². The average Bonchev–Trinajstić information content (AvgIpc) is 2.37. The van der Waals surface area contributed by atoms with Gasteiger partial charge in [-0.15, -0.1) is 0 Å². The highest BCUT2D eigenvalue weighted by Crippen LogP contribution is 2.06. The van der Waals surface area contributed by atoms with E-state index >= 15 is 0 Å². The number of carboxylic acid groups (broad SMARTS) is 1. The second-order valence-corrected chi connectivity index (χ2v) is 4.59. The summed E-state index contributed by atoms with van der Waals surface area (Å²) in [4.78, 5) is 26.3. The van der Waals surface area contributed by atoms with Gasteiger partial charge in [0, 0.05) is 19.5 Å². The molecule has 1 amide bonds. The van der Waals surface area contributed by atoms with Crippen LogP contribution in [0.4, 0.5) is 0 Å². The topological polar surface area (TPSA) is 70.1 Å². The van der Waals surface area contributed by atoms with E-state index in [0.717, 1.165) is 0 Å². The first-order chi connectivity index (χ1) is 8.52. The molecule has 0 bridgehead atoms. The van der Waals surface area contributed by atoms with Crippen molar-refractivity contribution < 1.29 is 19.4 Å². The number of hydrogen-bond donors (Lipinski definition) is 1. The Morgan fingerprint density at radius 1 is 1.39 bits per heavy atom. The molecule has 0 aromatic carbocycles. The normalized spacial score (nSPS) is 17.8. The molecule has 1 heterocycles. The number of hydrogen-bond acceptors (Lipinski definition) is 4. The maximum Gasteiger partial charge on any atom is 0.303 e. The summed E-state index contributed by atoms with van der Waals surface area (Å²) in [5.74, 6) is -0.702. The summed E-state index contributed by atoms with van der Waals surface area (Å²) >= 11 is 0. The molecule has 0 radical (unpaired) electrons. The Bertz CT molecular complexity index is 290. The van der Waals surface area contributed by atoms with Gasteiger partial charge < -0.3 is 14.7 Å². The van der Waals surface area contributed by atoms with Gasteiger partial charge in [0.1, 0.15) is 0 Å². The van der Waals surface area contributed by atoms with E-state index in [4.69, 9.17) is 9.84 Å². The number of morpholine rings is 1. The van der Waals surface area contributed by atoms with Gasteiger partial charge >= 0.3 is 5.97 Å². The molecule has 6 nitrogen and oxygen atoms in total. The summed E-state index contributed by atoms with van der Waals surface area (Å²) in [6.07, 6.45) is 0.704. The lowest BCUT2D eigenvalue weighted by Gasteiger charge is -2.32. The van der Waals surface area contributed by atoms with E-state index < -0.39 is 5.97 Å². The molecule has 1 aliphatic heterocycles. The largest absolute Gasteiger partial charge is 0.481 e. The van der Waals surface area contributed by atoms with Crippen LogP contribution in [0, 0.1) is 0 Å². The third kappa shape index (κ3) is 4.62. The van der Waals surface area contributed by atoms with Crippen LogP contribution in [-0.4, -0.2) is 72.7 Å². The van der Waals surface area contributed by atoms with Crippen LogP contribution >= 0.6 is 0 Å². The lowest BCUT2D eigenvalue weighted by Crippen LogP contribution is -2.49. The third-order valence-corrected chi connectivity index (χ3v) is 3.24. The standard InChI is InChI=1S/C12H22N2O4/c1-10(13(2)5-3-4-11(15)16)12(17)14-6-8-18-9-7-14/h10H,3-9H2,1-2H3,(H,15,16). The van der Waals surface area contributed by atoms with Crippen molar-refractivity contribution in [2.75, 3.05) is 39.9 Å². The lowest BCUT2D eigenvalue weighted by molar-refractivity contribution is -0.140. The zero-order valence-corrected chi connectivity index (χ0v) is 11.1. The Labute approximate surface area is 107 Å². The summed E-state index contributed by atoms with van der Waals surface area (Å²) in [5, 5.41) is 8.57. The highest BCUT2D eigenvalue weighted by Gasteiger charge is 2.24. The fourth-order valence-electron chi connectivity index (χ4n) is 1.91. The van der Waals surface area contributed by atoms with Crippen molar-refractivity contribution in [2.24, 2.45) is 0 Å². The van der Waals surface area contributed by atoms with Crippen molar-refractivity contribution >= 4 is 11.9 Å². The van der Waals surface area contributed by atoms with Crippen molar-refractivity contribution in [3.63, 3.8) is 0 Å². The number of carbonyl (C=O) groups is 2. The van der Waals surface area contributed by atoms with Crippen molar-refractivity contribution in [1.82, 2.24) is 9.80 Å². The van der Waals surface area contributed by atoms with Crippen LogP contribution in [0.25, 0.3) is 0 Å². The number of carboxylic acids is 1. The second kappa shape index (κ2) is 7.33. The van der Waals surface area contributed by atoms with Crippen LogP contribution < -0.4 is 0 Å². The van der Waals surface area contributed by atoms with Crippen LogP contribution in [0.2, 0.25) is 0 Å². The minimum absolute atomic E-state index is 0.0936. The predicted octanol–water partition coefficient (Wildman–Crippen LogP) is 0.0303. The van der Waals surface area contributed by atoms with Gasteiger partial charge in [0.15, 0.2) is 0 Å². The Balaban J connectivity index is 2.34. The maximum absolute atomic E-state index is 12.1. The highest BCUT2D eigenvalue weighted by atomic mass is 16.5. The molecule has 1 atom stereocenters. The van der Waals surface area contributed by atoms with E-state index in [1.54, 1.807) is 0 Å². The molecule has 1 N–H and O–H groups in total. The van der Waals surface area contributed by atoms with Crippen molar-refractivity contribution in [2.45, 2.75) is 25.8 Å². The first-order valence-electron chi connectivity index (χ1n) is 6.31. The van der Waals surface area contributed by atoms with Crippen LogP contribution in [0.1, 0.15) is 19.8 Å². The van der Waals surface area contributed by atoms with Crippen molar-refractivity contribution in [3.8, 4) is 0 Å². The van der Waals surface area contributed by atoms with Crippen molar-refractivity contribution in [1.29, 1.82) is 0 Å². The average molecular weight is 258 g/mol. The summed E-state index contributed by atoms with van der Waals surface area (Å²) in [6.45, 7) is 4.96. The number of nitrogens with zero attached hydrogens (tertiary/aromatic N) is 2. The van der Waals surface area contributed by atoms with Gasteiger partial charge in [0.2, 0.25) is 5.91 Å². The Morgan fingerprint density at radius 3 is 2.56 bits per heavy atom. The van der Waals surface area contributed by atoms with E-state index in [9.17, 15) is 9.59 Å². The Morgan fingerprint density at radius 2 is 2.00 bits per heavy atom. The molecular formula is C12H22N2O4. The summed E-state index contributed by atoms with van der Waals surface area (Å²) in [5.41, 5.74) is 0. The Kier molecular flexibility index (Phi) is 6.07. The molecule has 0 spiro atoms. The van der Waals surface area contributed by atoms with Gasteiger partial charge in [-0.25, -0.2) is 0 Å². The quantitative estimate of drug-likeness (QED) is 0.728. The molecule has 1 fully saturated rings. The van der Waals surface area contributed by atoms with Crippen LogP contribution in [-0.2, 0) is 14.3 Å². The van der Waals surface area contributed by atoms with Gasteiger partial charge in [-0.3, -0.25) is 14.5 Å². The van der Waals surface area contributed by atoms with Gasteiger partial charge in [0.25, 0.3) is 0 Å². The van der Waals surface area contributed by atoms with Gasteiger partial charge in [-0.1, -0.05) is 0 Å². The molecule has 18 heavy (non-hydrogen) atoms. The molecule has 0 saturated carbocycles. The number of amides is 1. The molecule has 0 aliphatic carbocycles. The first-order valence-corrected chi connectivity index (χ1v) is 6.31. The summed E-state index contributed by atoms with van der Waals surface area (Å²) in [6, 6.07) is -0.211. The van der Waals surface area contributed by atoms with E-state index in [2.05, 4.69) is 0 Å². The number of rotatable bonds is 6.